The molecule has 0 spiro atoms. The van der Waals surface area contributed by atoms with Gasteiger partial charge in [0.2, 0.25) is 0 Å². The molecule has 2 aromatic rings. The van der Waals surface area contributed by atoms with E-state index >= 15 is 0 Å². The zero-order valence-corrected chi connectivity index (χ0v) is 20.4. The van der Waals surface area contributed by atoms with Crippen molar-refractivity contribution in [3.05, 3.63) is 71.9 Å². The first-order chi connectivity index (χ1) is 16.4. The summed E-state index contributed by atoms with van der Waals surface area (Å²) in [5, 5.41) is 22.9. The molecule has 0 heterocycles. The van der Waals surface area contributed by atoms with Crippen molar-refractivity contribution in [1.82, 2.24) is 5.32 Å². The fourth-order valence-electron chi connectivity index (χ4n) is 3.71. The van der Waals surface area contributed by atoms with Gasteiger partial charge in [-0.1, -0.05) is 49.4 Å². The van der Waals surface area contributed by atoms with Gasteiger partial charge < -0.3 is 25.0 Å². The van der Waals surface area contributed by atoms with Gasteiger partial charge in [0.05, 0.1) is 18.3 Å². The Kier molecular flexibility index (Phi) is 11.4. The van der Waals surface area contributed by atoms with Gasteiger partial charge in [-0.15, -0.1) is 0 Å². The van der Waals surface area contributed by atoms with Gasteiger partial charge in [0.25, 0.3) is 6.47 Å². The molecule has 34 heavy (non-hydrogen) atoms. The number of nitrogens with zero attached hydrogens (tertiary/aromatic N) is 2. The second-order valence-corrected chi connectivity index (χ2v) is 8.39. The molecule has 0 aliphatic rings. The van der Waals surface area contributed by atoms with Gasteiger partial charge >= 0.3 is 0 Å². The molecule has 0 aliphatic heterocycles. The number of rotatable bonds is 15. The van der Waals surface area contributed by atoms with Gasteiger partial charge in [-0.25, -0.2) is 4.89 Å². The van der Waals surface area contributed by atoms with E-state index in [9.17, 15) is 9.90 Å². The lowest BCUT2D eigenvalue weighted by molar-refractivity contribution is -0.258. The van der Waals surface area contributed by atoms with Crippen LogP contribution in [0, 0.1) is 0 Å². The number of hydrogen-bond donors (Lipinski definition) is 3. The van der Waals surface area contributed by atoms with Crippen molar-refractivity contribution in [3.8, 4) is 0 Å². The van der Waals surface area contributed by atoms with Crippen molar-refractivity contribution < 1.29 is 24.8 Å². The Morgan fingerprint density at radius 1 is 1.09 bits per heavy atom. The van der Waals surface area contributed by atoms with Gasteiger partial charge in [-0.3, -0.25) is 10.1 Å². The van der Waals surface area contributed by atoms with Crippen LogP contribution in [-0.4, -0.2) is 69.4 Å². The number of benzene rings is 2. The van der Waals surface area contributed by atoms with Crippen LogP contribution in [0.1, 0.15) is 18.9 Å². The monoisotopic (exact) mass is 471 g/mol. The minimum atomic E-state index is -0.989. The van der Waals surface area contributed by atoms with Crippen LogP contribution in [0.3, 0.4) is 0 Å². The zero-order chi connectivity index (χ0) is 24.9. The molecule has 2 aromatic carbocycles. The Morgan fingerprint density at radius 3 is 2.41 bits per heavy atom. The first-order valence-electron chi connectivity index (χ1n) is 11.4. The minimum Gasteiger partial charge on any atom is -0.456 e. The molecule has 0 bridgehead atoms. The van der Waals surface area contributed by atoms with Crippen molar-refractivity contribution >= 4 is 17.8 Å². The van der Waals surface area contributed by atoms with Crippen LogP contribution >= 0.6 is 0 Å². The first-order valence-corrected chi connectivity index (χ1v) is 11.4. The molecule has 3 unspecified atom stereocenters. The molecule has 0 saturated carbocycles. The highest BCUT2D eigenvalue weighted by molar-refractivity contribution is 5.58. The Morgan fingerprint density at radius 2 is 1.79 bits per heavy atom. The highest BCUT2D eigenvalue weighted by Crippen LogP contribution is 2.22. The smallest absolute Gasteiger partial charge is 0.293 e. The highest BCUT2D eigenvalue weighted by Gasteiger charge is 2.26. The number of aliphatic hydroxyl groups is 1. The van der Waals surface area contributed by atoms with Crippen molar-refractivity contribution in [1.29, 1.82) is 0 Å². The van der Waals surface area contributed by atoms with Crippen molar-refractivity contribution in [3.63, 3.8) is 0 Å². The number of aliphatic hydroxyl groups excluding tert-OH is 1. The van der Waals surface area contributed by atoms with E-state index in [0.717, 1.165) is 16.9 Å². The van der Waals surface area contributed by atoms with E-state index in [1.807, 2.05) is 92.5 Å². The van der Waals surface area contributed by atoms with Crippen LogP contribution in [0.15, 0.2) is 66.4 Å². The Hall–Kier alpha value is -3.07. The van der Waals surface area contributed by atoms with Crippen LogP contribution in [-0.2, 0) is 20.8 Å². The number of anilines is 2. The normalized spacial score (nSPS) is 14.1. The molecule has 8 heteroatoms. The summed E-state index contributed by atoms with van der Waals surface area (Å²) >= 11 is 0. The Bertz CT molecular complexity index is 891. The van der Waals surface area contributed by atoms with E-state index in [1.54, 1.807) is 0 Å². The van der Waals surface area contributed by atoms with Gasteiger partial charge in [0, 0.05) is 32.5 Å². The summed E-state index contributed by atoms with van der Waals surface area (Å²) in [7, 11) is 5.91. The first kappa shape index (κ1) is 27.2. The summed E-state index contributed by atoms with van der Waals surface area (Å²) in [6.07, 6.45) is 1.55. The molecule has 0 aromatic heterocycles. The van der Waals surface area contributed by atoms with Gasteiger partial charge in [0.15, 0.2) is 6.10 Å². The maximum absolute atomic E-state index is 11.4. The number of carbonyl (C=O) groups excluding carboxylic acids is 1. The maximum Gasteiger partial charge on any atom is 0.293 e. The molecule has 0 aliphatic carbocycles. The van der Waals surface area contributed by atoms with Crippen LogP contribution < -0.4 is 15.1 Å². The molecular weight excluding hydrogens is 434 g/mol. The van der Waals surface area contributed by atoms with E-state index < -0.39 is 18.2 Å². The van der Waals surface area contributed by atoms with Crippen molar-refractivity contribution in [2.45, 2.75) is 38.0 Å². The third-order valence-electron chi connectivity index (χ3n) is 5.58. The Balaban J connectivity index is 2.26. The lowest BCUT2D eigenvalue weighted by atomic mass is 10.0. The summed E-state index contributed by atoms with van der Waals surface area (Å²) < 4.78 is 5.49. The predicted octanol–water partition coefficient (Wildman–Crippen LogP) is 3.08. The topological polar surface area (TPSA) is 94.5 Å². The molecule has 0 radical (unpaired) electrons. The number of carbonyl (C=O) groups is 1. The Labute approximate surface area is 202 Å². The molecule has 8 nitrogen and oxygen atoms in total. The van der Waals surface area contributed by atoms with Gasteiger partial charge in [-0.2, -0.15) is 0 Å². The van der Waals surface area contributed by atoms with Crippen molar-refractivity contribution in [2.75, 3.05) is 44.1 Å². The molecule has 0 saturated heterocycles. The lowest BCUT2D eigenvalue weighted by Crippen LogP contribution is -2.47. The summed E-state index contributed by atoms with van der Waals surface area (Å²) in [6.45, 7) is 2.59. The molecule has 3 atom stereocenters. The van der Waals surface area contributed by atoms with E-state index in [2.05, 4.69) is 16.3 Å². The van der Waals surface area contributed by atoms with Crippen LogP contribution in [0.4, 0.5) is 11.4 Å². The maximum atomic E-state index is 11.4. The van der Waals surface area contributed by atoms with E-state index in [0.29, 0.717) is 31.6 Å². The third kappa shape index (κ3) is 8.37. The summed E-state index contributed by atoms with van der Waals surface area (Å²) in [4.78, 5) is 19.7. The zero-order valence-electron chi connectivity index (χ0n) is 20.4. The van der Waals surface area contributed by atoms with Crippen molar-refractivity contribution in [2.24, 2.45) is 0 Å². The van der Waals surface area contributed by atoms with E-state index in [-0.39, 0.29) is 6.61 Å². The molecular formula is C26H37N3O5. The van der Waals surface area contributed by atoms with Gasteiger partial charge in [0.1, 0.15) is 12.7 Å². The SMILES string of the molecule is CC/C=C(/NC(Cc1ccccc1)C(O)COO)C(CN(C)c1cccc(N(C)C)c1)OC=O. The number of hydrogen-bond acceptors (Lipinski definition) is 8. The van der Waals surface area contributed by atoms with E-state index in [4.69, 9.17) is 9.99 Å². The predicted molar refractivity (Wildman–Crippen MR) is 135 cm³/mol. The summed E-state index contributed by atoms with van der Waals surface area (Å²) in [5.41, 5.74) is 3.74. The summed E-state index contributed by atoms with van der Waals surface area (Å²) in [6, 6.07) is 17.3. The fourth-order valence-corrected chi connectivity index (χ4v) is 3.71. The number of ether oxygens (including phenoxy) is 1. The summed E-state index contributed by atoms with van der Waals surface area (Å²) in [5.74, 6) is 0. The second kappa shape index (κ2) is 14.2. The second-order valence-electron chi connectivity index (χ2n) is 8.39. The number of allylic oxidation sites excluding steroid dienone is 1. The third-order valence-corrected chi connectivity index (χ3v) is 5.58. The molecule has 2 rings (SSSR count). The molecule has 0 fully saturated rings. The largest absolute Gasteiger partial charge is 0.456 e. The van der Waals surface area contributed by atoms with E-state index in [1.165, 1.54) is 0 Å². The van der Waals surface area contributed by atoms with Crippen LogP contribution in [0.2, 0.25) is 0 Å². The average Bonchev–Trinajstić information content (AvgIpc) is 2.83. The molecule has 3 N–H and O–H groups in total. The lowest BCUT2D eigenvalue weighted by Gasteiger charge is -2.31. The standard InChI is InChI=1S/C26H37N3O5/c1-5-10-23(27-24(25(31)18-34-32)15-20-11-7-6-8-12-20)26(33-19-30)17-29(4)22-14-9-13-21(16-22)28(2)3/h6-14,16,19,24-27,31-32H,5,15,17-18H2,1-4H3/b23-10+. The highest BCUT2D eigenvalue weighted by atomic mass is 17.1. The van der Waals surface area contributed by atoms with Crippen LogP contribution in [0.25, 0.3) is 0 Å². The fraction of sp³-hybridized carbons (Fsp3) is 0.423. The van der Waals surface area contributed by atoms with Crippen LogP contribution in [0.5, 0.6) is 0 Å². The molecule has 186 valence electrons. The quantitative estimate of drug-likeness (QED) is 0.207. The number of likely N-dealkylation sites (N-methyl/N-ethyl adjacent to an activating group) is 1. The number of nitrogens with one attached hydrogen (secondary N) is 1. The average molecular weight is 472 g/mol. The van der Waals surface area contributed by atoms with Gasteiger partial charge in [-0.05, 0) is 36.6 Å². The molecule has 0 amide bonds. The minimum absolute atomic E-state index is 0.250.